The fourth-order valence-corrected chi connectivity index (χ4v) is 7.06. The van der Waals surface area contributed by atoms with Gasteiger partial charge >= 0.3 is 0 Å². The third kappa shape index (κ3) is 17.8. The molecule has 0 saturated carbocycles. The van der Waals surface area contributed by atoms with E-state index in [1.54, 1.807) is 0 Å². The number of aliphatic hydroxyl groups excluding tert-OH is 8. The highest BCUT2D eigenvalue weighted by Crippen LogP contribution is 2.30. The van der Waals surface area contributed by atoms with Gasteiger partial charge < -0.3 is 65.1 Å². The van der Waals surface area contributed by atoms with E-state index >= 15 is 0 Å². The summed E-state index contributed by atoms with van der Waals surface area (Å²) in [5, 5.41) is 86.1. The van der Waals surface area contributed by atoms with E-state index in [1.807, 2.05) is 0 Å². The Balaban J connectivity index is 1.90. The summed E-state index contributed by atoms with van der Waals surface area (Å²) < 4.78 is 22.6. The van der Waals surface area contributed by atoms with Gasteiger partial charge in [-0.2, -0.15) is 0 Å². The topological polar surface area (TPSA) is 228 Å². The number of unbranched alkanes of at least 4 members (excludes halogenated alkanes) is 17. The maximum Gasteiger partial charge on any atom is 0.220 e. The van der Waals surface area contributed by atoms with Gasteiger partial charge in [-0.25, -0.2) is 0 Å². The van der Waals surface area contributed by atoms with Crippen LogP contribution < -0.4 is 5.32 Å². The minimum Gasteiger partial charge on any atom is -0.394 e. The van der Waals surface area contributed by atoms with E-state index < -0.39 is 86.8 Å². The lowest BCUT2D eigenvalue weighted by molar-refractivity contribution is -0.359. The lowest BCUT2D eigenvalue weighted by Gasteiger charge is -2.46. The molecule has 2 aliphatic rings. The van der Waals surface area contributed by atoms with Gasteiger partial charge in [-0.1, -0.05) is 129 Å². The highest BCUT2D eigenvalue weighted by atomic mass is 16.7. The first-order valence-corrected chi connectivity index (χ1v) is 20.8. The molecule has 53 heavy (non-hydrogen) atoms. The number of nitrogens with one attached hydrogen (secondary N) is 1. The summed E-state index contributed by atoms with van der Waals surface area (Å²) in [4.78, 5) is 12.9. The molecule has 0 radical (unpaired) electrons. The van der Waals surface area contributed by atoms with Crippen molar-refractivity contribution >= 4 is 5.91 Å². The SMILES string of the molecule is CCCCCCCCCCCCCCCC(O)C(COC1OC(CO)C(OC2OC(CO)C(O)C(O)C2O)C(O)C1O)NC(=O)CCCCCCCC. The van der Waals surface area contributed by atoms with E-state index in [4.69, 9.17) is 18.9 Å². The van der Waals surface area contributed by atoms with E-state index in [2.05, 4.69) is 19.2 Å². The second-order valence-electron chi connectivity index (χ2n) is 15.1. The number of carbonyl (C=O) groups is 1. The summed E-state index contributed by atoms with van der Waals surface area (Å²) in [5.74, 6) is -0.218. The monoisotopic (exact) mass is 766 g/mol. The van der Waals surface area contributed by atoms with Crippen LogP contribution in [0.25, 0.3) is 0 Å². The molecule has 0 aromatic carbocycles. The standard InChI is InChI=1S/C39H75NO13/c1-3-5-7-9-11-12-13-14-15-16-17-18-20-22-28(43)27(40-31(44)23-21-19-10-8-6-4-2)26-50-38-36(49)34(47)37(30(25-42)52-38)53-39-35(48)33(46)32(45)29(24-41)51-39/h27-30,32-39,41-43,45-49H,3-26H2,1-2H3,(H,40,44). The summed E-state index contributed by atoms with van der Waals surface area (Å²) in [6.45, 7) is 2.74. The van der Waals surface area contributed by atoms with Crippen LogP contribution in [0.15, 0.2) is 0 Å². The quantitative estimate of drug-likeness (QED) is 0.0480. The van der Waals surface area contributed by atoms with E-state index in [0.29, 0.717) is 12.8 Å². The Bertz CT molecular complexity index is 915. The van der Waals surface area contributed by atoms with Gasteiger partial charge in [0.2, 0.25) is 5.91 Å². The molecule has 314 valence electrons. The van der Waals surface area contributed by atoms with E-state index in [-0.39, 0.29) is 12.5 Å². The van der Waals surface area contributed by atoms with Gasteiger partial charge in [0.1, 0.15) is 48.8 Å². The van der Waals surface area contributed by atoms with Gasteiger partial charge in [0.15, 0.2) is 12.6 Å². The number of aliphatic hydroxyl groups is 8. The molecule has 0 bridgehead atoms. The fourth-order valence-electron chi connectivity index (χ4n) is 7.06. The van der Waals surface area contributed by atoms with Crippen molar-refractivity contribution in [1.29, 1.82) is 0 Å². The van der Waals surface area contributed by atoms with Crippen LogP contribution in [-0.2, 0) is 23.7 Å². The van der Waals surface area contributed by atoms with Crippen LogP contribution in [0.5, 0.6) is 0 Å². The van der Waals surface area contributed by atoms with Crippen molar-refractivity contribution in [3.63, 3.8) is 0 Å². The van der Waals surface area contributed by atoms with Crippen LogP contribution in [0, 0.1) is 0 Å². The minimum absolute atomic E-state index is 0.218. The van der Waals surface area contributed by atoms with Gasteiger partial charge in [-0.05, 0) is 12.8 Å². The van der Waals surface area contributed by atoms with Crippen LogP contribution >= 0.6 is 0 Å². The predicted molar refractivity (Wildman–Crippen MR) is 199 cm³/mol. The molecule has 1 amide bonds. The number of carbonyl (C=O) groups excluding carboxylic acids is 1. The van der Waals surface area contributed by atoms with Gasteiger partial charge in [0.05, 0.1) is 32.0 Å². The molecule has 9 N–H and O–H groups in total. The minimum atomic E-state index is -1.78. The zero-order chi connectivity index (χ0) is 39.0. The Labute approximate surface area is 317 Å². The number of hydrogen-bond acceptors (Lipinski definition) is 13. The van der Waals surface area contributed by atoms with Crippen molar-refractivity contribution < 1.29 is 64.6 Å². The molecule has 0 aromatic rings. The molecular formula is C39H75NO13. The summed E-state index contributed by atoms with van der Waals surface area (Å²) in [6, 6.07) is -0.816. The maximum atomic E-state index is 12.9. The van der Waals surface area contributed by atoms with Crippen LogP contribution in [0.1, 0.15) is 149 Å². The van der Waals surface area contributed by atoms with Gasteiger partial charge in [-0.3, -0.25) is 4.79 Å². The fraction of sp³-hybridized carbons (Fsp3) is 0.974. The number of rotatable bonds is 30. The maximum absolute atomic E-state index is 12.9. The normalized spacial score (nSPS) is 30.3. The summed E-state index contributed by atoms with van der Waals surface area (Å²) in [5.41, 5.74) is 0. The van der Waals surface area contributed by atoms with Crippen LogP contribution in [0.2, 0.25) is 0 Å². The average Bonchev–Trinajstić information content (AvgIpc) is 3.15. The summed E-state index contributed by atoms with van der Waals surface area (Å²) in [7, 11) is 0. The number of ether oxygens (including phenoxy) is 4. The highest BCUT2D eigenvalue weighted by Gasteiger charge is 2.50. The summed E-state index contributed by atoms with van der Waals surface area (Å²) in [6.07, 6.45) is 5.86. The van der Waals surface area contributed by atoms with Crippen LogP contribution in [0.3, 0.4) is 0 Å². The molecule has 2 fully saturated rings. The van der Waals surface area contributed by atoms with E-state index in [1.165, 1.54) is 64.2 Å². The molecule has 0 spiro atoms. The first-order valence-electron chi connectivity index (χ1n) is 20.8. The van der Waals surface area contributed by atoms with Crippen LogP contribution in [-0.4, -0.2) is 140 Å². The Kier molecular flexibility index (Phi) is 25.8. The average molecular weight is 766 g/mol. The third-order valence-electron chi connectivity index (χ3n) is 10.6. The molecule has 12 atom stereocenters. The molecule has 2 rings (SSSR count). The van der Waals surface area contributed by atoms with Crippen molar-refractivity contribution in [2.24, 2.45) is 0 Å². The van der Waals surface area contributed by atoms with Crippen molar-refractivity contribution in [3.8, 4) is 0 Å². The lowest BCUT2D eigenvalue weighted by Crippen LogP contribution is -2.65. The van der Waals surface area contributed by atoms with Gasteiger partial charge in [-0.15, -0.1) is 0 Å². The molecule has 14 heteroatoms. The Morgan fingerprint density at radius 3 is 1.60 bits per heavy atom. The Morgan fingerprint density at radius 2 is 1.08 bits per heavy atom. The predicted octanol–water partition coefficient (Wildman–Crippen LogP) is 2.70. The van der Waals surface area contributed by atoms with Crippen molar-refractivity contribution in [2.45, 2.75) is 222 Å². The van der Waals surface area contributed by atoms with Crippen molar-refractivity contribution in [2.75, 3.05) is 19.8 Å². The van der Waals surface area contributed by atoms with Crippen molar-refractivity contribution in [3.05, 3.63) is 0 Å². The van der Waals surface area contributed by atoms with E-state index in [9.17, 15) is 45.6 Å². The molecule has 14 nitrogen and oxygen atoms in total. The molecule has 2 aliphatic heterocycles. The largest absolute Gasteiger partial charge is 0.394 e. The Morgan fingerprint density at radius 1 is 0.604 bits per heavy atom. The van der Waals surface area contributed by atoms with Crippen molar-refractivity contribution in [1.82, 2.24) is 5.32 Å². The summed E-state index contributed by atoms with van der Waals surface area (Å²) >= 11 is 0. The molecule has 2 saturated heterocycles. The smallest absolute Gasteiger partial charge is 0.220 e. The zero-order valence-electron chi connectivity index (χ0n) is 32.5. The molecule has 0 aliphatic carbocycles. The highest BCUT2D eigenvalue weighted by molar-refractivity contribution is 5.76. The third-order valence-corrected chi connectivity index (χ3v) is 10.6. The second-order valence-corrected chi connectivity index (χ2v) is 15.1. The molecule has 12 unspecified atom stereocenters. The molecule has 2 heterocycles. The lowest BCUT2D eigenvalue weighted by atomic mass is 9.97. The van der Waals surface area contributed by atoms with Gasteiger partial charge in [0, 0.05) is 6.42 Å². The second kappa shape index (κ2) is 28.4. The first kappa shape index (κ1) is 48.1. The zero-order valence-corrected chi connectivity index (χ0v) is 32.5. The Hall–Kier alpha value is -1.01. The molecule has 0 aromatic heterocycles. The molecular weight excluding hydrogens is 690 g/mol. The van der Waals surface area contributed by atoms with E-state index in [0.717, 1.165) is 57.8 Å². The number of amides is 1. The van der Waals surface area contributed by atoms with Gasteiger partial charge in [0.25, 0.3) is 0 Å². The number of hydrogen-bond donors (Lipinski definition) is 9. The first-order chi connectivity index (χ1) is 25.6. The van der Waals surface area contributed by atoms with Crippen LogP contribution in [0.4, 0.5) is 0 Å².